The van der Waals surface area contributed by atoms with Crippen LogP contribution in [-0.4, -0.2) is 38.1 Å². The van der Waals surface area contributed by atoms with Gasteiger partial charge in [-0.15, -0.1) is 0 Å². The Labute approximate surface area is 76.8 Å². The van der Waals surface area contributed by atoms with E-state index in [1.807, 2.05) is 0 Å². The first kappa shape index (κ1) is 9.98. The molecule has 1 rings (SSSR count). The molecule has 0 aromatic carbocycles. The van der Waals surface area contributed by atoms with Gasteiger partial charge < -0.3 is 15.4 Å². The number of nitrogens with one attached hydrogen (secondary N) is 2. The highest BCUT2D eigenvalue weighted by atomic mass is 16.5. The van der Waals surface area contributed by atoms with Gasteiger partial charge in [-0.25, -0.2) is 0 Å². The van der Waals surface area contributed by atoms with Crippen molar-refractivity contribution in [2.75, 3.05) is 20.3 Å². The van der Waals surface area contributed by atoms with E-state index in [0.717, 1.165) is 6.42 Å². The van der Waals surface area contributed by atoms with Crippen LogP contribution in [0.2, 0.25) is 0 Å². The number of carbonyl (C=O) groups is 2. The molecule has 2 amide bonds. The second kappa shape index (κ2) is 4.81. The van der Waals surface area contributed by atoms with Crippen molar-refractivity contribution < 1.29 is 14.3 Å². The average molecular weight is 186 g/mol. The third-order valence-corrected chi connectivity index (χ3v) is 1.91. The normalized spacial score (nSPS) is 21.3. The third kappa shape index (κ3) is 3.42. The van der Waals surface area contributed by atoms with Gasteiger partial charge in [0.15, 0.2) is 0 Å². The minimum Gasteiger partial charge on any atom is -0.375 e. The van der Waals surface area contributed by atoms with Crippen molar-refractivity contribution in [3.63, 3.8) is 0 Å². The van der Waals surface area contributed by atoms with E-state index >= 15 is 0 Å². The molecule has 0 aromatic heterocycles. The Morgan fingerprint density at radius 1 is 1.77 bits per heavy atom. The molecule has 0 radical (unpaired) electrons. The van der Waals surface area contributed by atoms with Crippen LogP contribution in [0.1, 0.15) is 12.8 Å². The molecule has 1 fully saturated rings. The van der Waals surface area contributed by atoms with E-state index in [4.69, 9.17) is 0 Å². The van der Waals surface area contributed by atoms with E-state index in [-0.39, 0.29) is 24.5 Å². The molecule has 13 heavy (non-hydrogen) atoms. The fraction of sp³-hybridized carbons (Fsp3) is 0.750. The Kier molecular flexibility index (Phi) is 3.70. The number of hydrogen-bond acceptors (Lipinski definition) is 3. The number of hydrogen-bond donors (Lipinski definition) is 2. The molecule has 5 nitrogen and oxygen atoms in total. The zero-order valence-corrected chi connectivity index (χ0v) is 7.63. The van der Waals surface area contributed by atoms with E-state index in [1.54, 1.807) is 0 Å². The molecule has 2 N–H and O–H groups in total. The Hall–Kier alpha value is -1.10. The molecule has 0 saturated carbocycles. The lowest BCUT2D eigenvalue weighted by atomic mass is 10.2. The average Bonchev–Trinajstić information content (AvgIpc) is 2.49. The van der Waals surface area contributed by atoms with Crippen LogP contribution < -0.4 is 10.6 Å². The largest absolute Gasteiger partial charge is 0.375 e. The smallest absolute Gasteiger partial charge is 0.246 e. The lowest BCUT2D eigenvalue weighted by Gasteiger charge is -2.10. The molecule has 0 bridgehead atoms. The molecule has 0 aromatic rings. The van der Waals surface area contributed by atoms with Crippen molar-refractivity contribution in [3.05, 3.63) is 0 Å². The molecular formula is C8H14N2O3. The lowest BCUT2D eigenvalue weighted by molar-refractivity contribution is -0.125. The van der Waals surface area contributed by atoms with Crippen LogP contribution in [0.3, 0.4) is 0 Å². The Morgan fingerprint density at radius 3 is 3.08 bits per heavy atom. The van der Waals surface area contributed by atoms with Crippen LogP contribution in [0.4, 0.5) is 0 Å². The Balaban J connectivity index is 2.12. The molecule has 1 atom stereocenters. The van der Waals surface area contributed by atoms with Gasteiger partial charge in [-0.3, -0.25) is 9.59 Å². The summed E-state index contributed by atoms with van der Waals surface area (Å²) in [5.41, 5.74) is 0. The molecule has 0 aliphatic carbocycles. The number of carbonyl (C=O) groups excluding carboxylic acids is 2. The van der Waals surface area contributed by atoms with Gasteiger partial charge in [-0.1, -0.05) is 0 Å². The van der Waals surface area contributed by atoms with Crippen LogP contribution in [0.25, 0.3) is 0 Å². The molecule has 1 unspecified atom stereocenters. The summed E-state index contributed by atoms with van der Waals surface area (Å²) in [4.78, 5) is 21.7. The maximum atomic E-state index is 10.9. The van der Waals surface area contributed by atoms with Gasteiger partial charge in [0, 0.05) is 26.1 Å². The van der Waals surface area contributed by atoms with Crippen molar-refractivity contribution in [2.45, 2.75) is 18.9 Å². The predicted molar refractivity (Wildman–Crippen MR) is 46.1 cm³/mol. The molecule has 1 aliphatic heterocycles. The van der Waals surface area contributed by atoms with Crippen LogP contribution in [0.5, 0.6) is 0 Å². The minimum atomic E-state index is -0.149. The second-order valence-corrected chi connectivity index (χ2v) is 3.04. The van der Waals surface area contributed by atoms with Gasteiger partial charge in [0.05, 0.1) is 0 Å². The van der Waals surface area contributed by atoms with E-state index in [9.17, 15) is 9.59 Å². The highest BCUT2D eigenvalue weighted by Gasteiger charge is 2.20. The highest BCUT2D eigenvalue weighted by Crippen LogP contribution is 2.04. The summed E-state index contributed by atoms with van der Waals surface area (Å²) in [6.07, 6.45) is 1.36. The Morgan fingerprint density at radius 2 is 2.54 bits per heavy atom. The summed E-state index contributed by atoms with van der Waals surface area (Å²) in [6.45, 7) is 0.564. The molecule has 1 aliphatic rings. The first-order valence-corrected chi connectivity index (χ1v) is 4.27. The minimum absolute atomic E-state index is 0.0611. The first-order chi connectivity index (χ1) is 6.22. The summed E-state index contributed by atoms with van der Waals surface area (Å²) in [6, 6.07) is 0.0910. The lowest BCUT2D eigenvalue weighted by Crippen LogP contribution is -2.39. The van der Waals surface area contributed by atoms with Gasteiger partial charge in [0.25, 0.3) is 0 Å². The summed E-state index contributed by atoms with van der Waals surface area (Å²) in [5, 5.41) is 5.42. The number of rotatable bonds is 4. The van der Waals surface area contributed by atoms with E-state index in [1.165, 1.54) is 7.11 Å². The molecule has 74 valence electrons. The summed E-state index contributed by atoms with van der Waals surface area (Å²) in [7, 11) is 1.47. The van der Waals surface area contributed by atoms with Crippen molar-refractivity contribution in [2.24, 2.45) is 0 Å². The van der Waals surface area contributed by atoms with Gasteiger partial charge >= 0.3 is 0 Å². The van der Waals surface area contributed by atoms with Gasteiger partial charge in [-0.05, 0) is 6.42 Å². The van der Waals surface area contributed by atoms with Crippen LogP contribution >= 0.6 is 0 Å². The number of ether oxygens (including phenoxy) is 1. The fourth-order valence-electron chi connectivity index (χ4n) is 1.25. The molecule has 0 spiro atoms. The summed E-state index contributed by atoms with van der Waals surface area (Å²) >= 11 is 0. The first-order valence-electron chi connectivity index (χ1n) is 4.27. The van der Waals surface area contributed by atoms with Crippen LogP contribution in [0.15, 0.2) is 0 Å². The predicted octanol–water partition coefficient (Wildman–Crippen LogP) is -0.972. The zero-order chi connectivity index (χ0) is 9.68. The third-order valence-electron chi connectivity index (χ3n) is 1.91. The van der Waals surface area contributed by atoms with Crippen molar-refractivity contribution in [1.29, 1.82) is 0 Å². The van der Waals surface area contributed by atoms with Gasteiger partial charge in [0.2, 0.25) is 11.8 Å². The SMILES string of the molecule is COCC(=O)NCC1CCC(=O)N1. The van der Waals surface area contributed by atoms with Gasteiger partial charge in [0.1, 0.15) is 6.61 Å². The van der Waals surface area contributed by atoms with E-state index in [0.29, 0.717) is 13.0 Å². The van der Waals surface area contributed by atoms with Gasteiger partial charge in [-0.2, -0.15) is 0 Å². The molecular weight excluding hydrogens is 172 g/mol. The second-order valence-electron chi connectivity index (χ2n) is 3.04. The van der Waals surface area contributed by atoms with Crippen LogP contribution in [-0.2, 0) is 14.3 Å². The monoisotopic (exact) mass is 186 g/mol. The maximum absolute atomic E-state index is 10.9. The topological polar surface area (TPSA) is 67.4 Å². The number of methoxy groups -OCH3 is 1. The molecule has 5 heteroatoms. The fourth-order valence-corrected chi connectivity index (χ4v) is 1.25. The van der Waals surface area contributed by atoms with Crippen molar-refractivity contribution in [3.8, 4) is 0 Å². The quantitative estimate of drug-likeness (QED) is 0.593. The van der Waals surface area contributed by atoms with E-state index < -0.39 is 0 Å². The summed E-state index contributed by atoms with van der Waals surface area (Å²) in [5.74, 6) is -0.0883. The number of amides is 2. The molecule has 1 saturated heterocycles. The van der Waals surface area contributed by atoms with Crippen LogP contribution in [0, 0.1) is 0 Å². The zero-order valence-electron chi connectivity index (χ0n) is 7.63. The Bertz CT molecular complexity index is 206. The van der Waals surface area contributed by atoms with Crippen molar-refractivity contribution >= 4 is 11.8 Å². The van der Waals surface area contributed by atoms with E-state index in [2.05, 4.69) is 15.4 Å². The molecule has 1 heterocycles. The van der Waals surface area contributed by atoms with Crippen molar-refractivity contribution in [1.82, 2.24) is 10.6 Å². The summed E-state index contributed by atoms with van der Waals surface area (Å²) < 4.78 is 4.64. The standard InChI is InChI=1S/C8H14N2O3/c1-13-5-8(12)9-4-6-2-3-7(11)10-6/h6H,2-5H2,1H3,(H,9,12)(H,10,11). The highest BCUT2D eigenvalue weighted by molar-refractivity contribution is 5.79. The maximum Gasteiger partial charge on any atom is 0.246 e.